The lowest BCUT2D eigenvalue weighted by Crippen LogP contribution is -2.41. The number of nitriles is 1. The second-order valence-electron chi connectivity index (χ2n) is 4.55. The molecule has 1 amide bonds. The molecular weight excluding hydrogens is 244 g/mol. The number of ether oxygens (including phenoxy) is 2. The Morgan fingerprint density at radius 2 is 1.84 bits per heavy atom. The predicted octanol–water partition coefficient (Wildman–Crippen LogP) is 1.88. The Balaban J connectivity index is 4.15. The van der Waals surface area contributed by atoms with E-state index in [0.717, 1.165) is 12.8 Å². The normalized spacial score (nSPS) is 11.1. The van der Waals surface area contributed by atoms with Crippen molar-refractivity contribution in [2.75, 3.05) is 33.5 Å². The maximum absolute atomic E-state index is 12.2. The van der Waals surface area contributed by atoms with Crippen molar-refractivity contribution in [2.45, 2.75) is 39.5 Å². The van der Waals surface area contributed by atoms with E-state index in [9.17, 15) is 10.1 Å². The molecule has 0 saturated heterocycles. The molecule has 5 nitrogen and oxygen atoms in total. The Kier molecular flexibility index (Phi) is 10.1. The molecule has 0 aromatic rings. The molecule has 0 bridgehead atoms. The van der Waals surface area contributed by atoms with Gasteiger partial charge in [0.1, 0.15) is 5.41 Å². The zero-order chi connectivity index (χ0) is 14.6. The van der Waals surface area contributed by atoms with Gasteiger partial charge in [-0.05, 0) is 12.8 Å². The highest BCUT2D eigenvalue weighted by molar-refractivity contribution is 5.85. The van der Waals surface area contributed by atoms with Gasteiger partial charge in [-0.3, -0.25) is 4.79 Å². The first-order valence-electron chi connectivity index (χ1n) is 6.93. The lowest BCUT2D eigenvalue weighted by molar-refractivity contribution is -0.129. The van der Waals surface area contributed by atoms with Crippen LogP contribution in [0.3, 0.4) is 0 Å². The molecule has 0 heterocycles. The van der Waals surface area contributed by atoms with Crippen LogP contribution in [0.25, 0.3) is 0 Å². The third kappa shape index (κ3) is 6.55. The molecule has 0 aliphatic rings. The zero-order valence-electron chi connectivity index (χ0n) is 12.3. The lowest BCUT2D eigenvalue weighted by atomic mass is 9.80. The van der Waals surface area contributed by atoms with Crippen molar-refractivity contribution in [1.82, 2.24) is 5.32 Å². The van der Waals surface area contributed by atoms with Gasteiger partial charge in [-0.2, -0.15) is 5.26 Å². The van der Waals surface area contributed by atoms with Crippen LogP contribution in [0.1, 0.15) is 39.5 Å². The number of methoxy groups -OCH3 is 1. The number of carbonyl (C=O) groups excluding carboxylic acids is 1. The number of hydrogen-bond donors (Lipinski definition) is 1. The van der Waals surface area contributed by atoms with Crippen LogP contribution >= 0.6 is 0 Å². The second-order valence-corrected chi connectivity index (χ2v) is 4.55. The van der Waals surface area contributed by atoms with E-state index in [-0.39, 0.29) is 5.91 Å². The van der Waals surface area contributed by atoms with Gasteiger partial charge in [0, 0.05) is 13.7 Å². The Morgan fingerprint density at radius 1 is 1.21 bits per heavy atom. The fraction of sp³-hybridized carbons (Fsp3) is 0.857. The van der Waals surface area contributed by atoms with Crippen molar-refractivity contribution in [3.05, 3.63) is 0 Å². The summed E-state index contributed by atoms with van der Waals surface area (Å²) in [7, 11) is 1.61. The Morgan fingerprint density at radius 3 is 2.32 bits per heavy atom. The highest BCUT2D eigenvalue weighted by atomic mass is 16.5. The van der Waals surface area contributed by atoms with Gasteiger partial charge in [0.25, 0.3) is 0 Å². The molecule has 0 aromatic carbocycles. The van der Waals surface area contributed by atoms with E-state index >= 15 is 0 Å². The summed E-state index contributed by atoms with van der Waals surface area (Å²) in [4.78, 5) is 12.2. The van der Waals surface area contributed by atoms with E-state index in [2.05, 4.69) is 11.4 Å². The van der Waals surface area contributed by atoms with E-state index in [1.807, 2.05) is 13.8 Å². The van der Waals surface area contributed by atoms with Crippen LogP contribution < -0.4 is 5.32 Å². The topological polar surface area (TPSA) is 71.4 Å². The summed E-state index contributed by atoms with van der Waals surface area (Å²) in [6, 6.07) is 2.21. The number of rotatable bonds is 11. The summed E-state index contributed by atoms with van der Waals surface area (Å²) in [5.74, 6) is -0.172. The minimum atomic E-state index is -0.879. The summed E-state index contributed by atoms with van der Waals surface area (Å²) in [5, 5.41) is 12.1. The predicted molar refractivity (Wildman–Crippen MR) is 73.6 cm³/mol. The van der Waals surface area contributed by atoms with Crippen LogP contribution in [0, 0.1) is 16.7 Å². The van der Waals surface area contributed by atoms with E-state index in [1.165, 1.54) is 0 Å². The van der Waals surface area contributed by atoms with Gasteiger partial charge in [0.05, 0.1) is 25.9 Å². The summed E-state index contributed by atoms with van der Waals surface area (Å²) in [5.41, 5.74) is -0.879. The highest BCUT2D eigenvalue weighted by Crippen LogP contribution is 2.29. The number of nitrogens with zero attached hydrogens (tertiary/aromatic N) is 1. The summed E-state index contributed by atoms with van der Waals surface area (Å²) in [6.45, 7) is 5.90. The molecule has 0 aromatic heterocycles. The molecule has 1 N–H and O–H groups in total. The van der Waals surface area contributed by atoms with Crippen LogP contribution in [0.4, 0.5) is 0 Å². The average molecular weight is 270 g/mol. The van der Waals surface area contributed by atoms with E-state index in [1.54, 1.807) is 7.11 Å². The first-order valence-corrected chi connectivity index (χ1v) is 6.93. The molecule has 110 valence electrons. The number of carbonyl (C=O) groups is 1. The Bertz CT molecular complexity index is 281. The van der Waals surface area contributed by atoms with Gasteiger partial charge in [0.2, 0.25) is 5.91 Å². The Hall–Kier alpha value is -1.12. The molecule has 0 rings (SSSR count). The quantitative estimate of drug-likeness (QED) is 0.582. The van der Waals surface area contributed by atoms with E-state index in [4.69, 9.17) is 9.47 Å². The highest BCUT2D eigenvalue weighted by Gasteiger charge is 2.36. The molecule has 0 atom stereocenters. The summed E-state index contributed by atoms with van der Waals surface area (Å²) in [6.07, 6.45) is 2.86. The summed E-state index contributed by atoms with van der Waals surface area (Å²) >= 11 is 0. The third-order valence-corrected chi connectivity index (χ3v) is 2.97. The molecule has 0 aliphatic heterocycles. The van der Waals surface area contributed by atoms with Crippen LogP contribution in [-0.2, 0) is 14.3 Å². The van der Waals surface area contributed by atoms with E-state index in [0.29, 0.717) is 39.2 Å². The molecule has 0 fully saturated rings. The number of hydrogen-bond acceptors (Lipinski definition) is 4. The number of nitrogens with one attached hydrogen (secondary N) is 1. The van der Waals surface area contributed by atoms with Crippen molar-refractivity contribution >= 4 is 5.91 Å². The van der Waals surface area contributed by atoms with Gasteiger partial charge in [-0.15, -0.1) is 0 Å². The summed E-state index contributed by atoms with van der Waals surface area (Å²) < 4.78 is 10.1. The zero-order valence-corrected chi connectivity index (χ0v) is 12.3. The molecule has 0 radical (unpaired) electrons. The lowest BCUT2D eigenvalue weighted by Gasteiger charge is -2.24. The molecule has 0 aliphatic carbocycles. The third-order valence-electron chi connectivity index (χ3n) is 2.97. The molecular formula is C14H26N2O3. The average Bonchev–Trinajstić information content (AvgIpc) is 2.42. The van der Waals surface area contributed by atoms with E-state index < -0.39 is 5.41 Å². The largest absolute Gasteiger partial charge is 0.382 e. The maximum atomic E-state index is 12.2. The van der Waals surface area contributed by atoms with Gasteiger partial charge in [-0.25, -0.2) is 0 Å². The van der Waals surface area contributed by atoms with Crippen LogP contribution in [-0.4, -0.2) is 39.4 Å². The standard InChI is InChI=1S/C14H26N2O3/c1-4-6-14(12-15,7-5-2)13(17)16-8-9-19-11-10-18-3/h4-11H2,1-3H3,(H,16,17). The Labute approximate surface area is 116 Å². The monoisotopic (exact) mass is 270 g/mol. The SMILES string of the molecule is CCCC(C#N)(CCC)C(=O)NCCOCCOC. The second kappa shape index (κ2) is 10.8. The minimum Gasteiger partial charge on any atom is -0.382 e. The number of amides is 1. The first kappa shape index (κ1) is 17.9. The van der Waals surface area contributed by atoms with Crippen molar-refractivity contribution < 1.29 is 14.3 Å². The maximum Gasteiger partial charge on any atom is 0.240 e. The van der Waals surface area contributed by atoms with Gasteiger partial charge >= 0.3 is 0 Å². The van der Waals surface area contributed by atoms with Crippen LogP contribution in [0.5, 0.6) is 0 Å². The van der Waals surface area contributed by atoms with Crippen molar-refractivity contribution in [2.24, 2.45) is 5.41 Å². The van der Waals surface area contributed by atoms with Crippen molar-refractivity contribution in [3.8, 4) is 6.07 Å². The fourth-order valence-electron chi connectivity index (χ4n) is 2.02. The van der Waals surface area contributed by atoms with Gasteiger partial charge < -0.3 is 14.8 Å². The van der Waals surface area contributed by atoms with Gasteiger partial charge in [-0.1, -0.05) is 26.7 Å². The van der Waals surface area contributed by atoms with Gasteiger partial charge in [0.15, 0.2) is 0 Å². The molecule has 0 saturated carbocycles. The van der Waals surface area contributed by atoms with Crippen molar-refractivity contribution in [1.29, 1.82) is 5.26 Å². The minimum absolute atomic E-state index is 0.172. The molecule has 5 heteroatoms. The fourth-order valence-corrected chi connectivity index (χ4v) is 2.02. The van der Waals surface area contributed by atoms with Crippen LogP contribution in [0.2, 0.25) is 0 Å². The smallest absolute Gasteiger partial charge is 0.240 e. The molecule has 0 spiro atoms. The van der Waals surface area contributed by atoms with Crippen LogP contribution in [0.15, 0.2) is 0 Å². The molecule has 0 unspecified atom stereocenters. The first-order chi connectivity index (χ1) is 9.16. The van der Waals surface area contributed by atoms with Crippen molar-refractivity contribution in [3.63, 3.8) is 0 Å². The molecule has 19 heavy (non-hydrogen) atoms.